The van der Waals surface area contributed by atoms with Gasteiger partial charge in [0, 0.05) is 11.6 Å². The third-order valence-electron chi connectivity index (χ3n) is 4.75. The van der Waals surface area contributed by atoms with E-state index in [9.17, 15) is 27.6 Å². The van der Waals surface area contributed by atoms with Crippen molar-refractivity contribution in [3.63, 3.8) is 0 Å². The Kier molecular flexibility index (Phi) is 4.64. The fourth-order valence-electron chi connectivity index (χ4n) is 3.40. The van der Waals surface area contributed by atoms with Crippen molar-refractivity contribution in [2.45, 2.75) is 50.0 Å². The van der Waals surface area contributed by atoms with Crippen LogP contribution >= 0.6 is 0 Å². The minimum Gasteiger partial charge on any atom is -0.314 e. The molecule has 1 heterocycles. The van der Waals surface area contributed by atoms with Crippen LogP contribution in [-0.2, 0) is 4.79 Å². The minimum absolute atomic E-state index is 0.0470. The first kappa shape index (κ1) is 18.2. The van der Waals surface area contributed by atoms with Gasteiger partial charge in [-0.2, -0.15) is 13.2 Å². The number of nitrogens with zero attached hydrogens (tertiary/aromatic N) is 1. The predicted molar refractivity (Wildman–Crippen MR) is 84.9 cm³/mol. The Hall–Kier alpha value is -2.58. The molecule has 140 valence electrons. The van der Waals surface area contributed by atoms with E-state index >= 15 is 0 Å². The Bertz CT molecular complexity index is 717. The number of carbonyl (C=O) groups is 3. The molecule has 1 saturated carbocycles. The summed E-state index contributed by atoms with van der Waals surface area (Å²) in [6, 6.07) is 5.49. The summed E-state index contributed by atoms with van der Waals surface area (Å²) in [7, 11) is 0. The Labute approximate surface area is 147 Å². The zero-order valence-electron chi connectivity index (χ0n) is 13.8. The van der Waals surface area contributed by atoms with Gasteiger partial charge in [0.1, 0.15) is 0 Å². The van der Waals surface area contributed by atoms with Gasteiger partial charge in [-0.05, 0) is 25.0 Å². The van der Waals surface area contributed by atoms with E-state index in [2.05, 4.69) is 0 Å². The molecule has 0 unspecified atom stereocenters. The summed E-state index contributed by atoms with van der Waals surface area (Å²) < 4.78 is 41.3. The van der Waals surface area contributed by atoms with E-state index in [1.807, 2.05) is 0 Å². The second kappa shape index (κ2) is 6.62. The first-order valence-electron chi connectivity index (χ1n) is 8.36. The van der Waals surface area contributed by atoms with Crippen molar-refractivity contribution in [1.82, 2.24) is 15.5 Å². The molecule has 1 aromatic carbocycles. The number of imide groups is 1. The maximum atomic E-state index is 13.8. The van der Waals surface area contributed by atoms with Gasteiger partial charge >= 0.3 is 12.2 Å². The van der Waals surface area contributed by atoms with Gasteiger partial charge in [0.15, 0.2) is 0 Å². The molecule has 3 rings (SSSR count). The summed E-state index contributed by atoms with van der Waals surface area (Å²) in [6.45, 7) is 0. The minimum atomic E-state index is -5.19. The maximum Gasteiger partial charge on any atom is 0.440 e. The van der Waals surface area contributed by atoms with E-state index in [-0.39, 0.29) is 5.56 Å². The zero-order chi connectivity index (χ0) is 18.9. The van der Waals surface area contributed by atoms with Crippen LogP contribution in [0.5, 0.6) is 0 Å². The summed E-state index contributed by atoms with van der Waals surface area (Å²) in [5, 5.41) is 3.40. The van der Waals surface area contributed by atoms with Crippen molar-refractivity contribution in [1.29, 1.82) is 0 Å². The highest BCUT2D eigenvalue weighted by Gasteiger charge is 2.69. The molecule has 2 fully saturated rings. The lowest BCUT2D eigenvalue weighted by atomic mass is 9.94. The number of hydrogen-bond acceptors (Lipinski definition) is 3. The maximum absolute atomic E-state index is 13.8. The summed E-state index contributed by atoms with van der Waals surface area (Å²) in [5.74, 6) is -2.58. The van der Waals surface area contributed by atoms with Gasteiger partial charge in [-0.3, -0.25) is 19.8 Å². The first-order chi connectivity index (χ1) is 12.3. The van der Waals surface area contributed by atoms with Crippen LogP contribution in [0.2, 0.25) is 0 Å². The molecule has 1 aliphatic heterocycles. The number of urea groups is 1. The molecule has 0 spiro atoms. The third kappa shape index (κ3) is 3.02. The standard InChI is InChI=1S/C17H18F3N3O3/c18-17(19,20)16(21-13(24)11-7-3-1-4-8-11)14(25)23(15(26)22-16)12-9-5-2-6-10-12/h1,3-4,7-8,12H,2,5-6,9-10H2,(H,21,24)(H,22,26)/t16-/m0/s1. The predicted octanol–water partition coefficient (Wildman–Crippen LogP) is 2.56. The zero-order valence-corrected chi connectivity index (χ0v) is 13.8. The van der Waals surface area contributed by atoms with Crippen LogP contribution in [0.3, 0.4) is 0 Å². The van der Waals surface area contributed by atoms with E-state index in [1.54, 1.807) is 16.7 Å². The third-order valence-corrected chi connectivity index (χ3v) is 4.75. The molecule has 1 saturated heterocycles. The Balaban J connectivity index is 1.92. The Morgan fingerprint density at radius 1 is 1.12 bits per heavy atom. The molecule has 2 N–H and O–H groups in total. The van der Waals surface area contributed by atoms with Gasteiger partial charge in [0.05, 0.1) is 0 Å². The second-order valence-corrected chi connectivity index (χ2v) is 6.47. The molecule has 0 aromatic heterocycles. The topological polar surface area (TPSA) is 78.5 Å². The van der Waals surface area contributed by atoms with Gasteiger partial charge in [-0.1, -0.05) is 37.5 Å². The van der Waals surface area contributed by atoms with Crippen LogP contribution in [0.25, 0.3) is 0 Å². The lowest BCUT2D eigenvalue weighted by Crippen LogP contribution is -2.69. The average molecular weight is 369 g/mol. The highest BCUT2D eigenvalue weighted by atomic mass is 19.4. The smallest absolute Gasteiger partial charge is 0.314 e. The van der Waals surface area contributed by atoms with Crippen LogP contribution in [0, 0.1) is 0 Å². The summed E-state index contributed by atoms with van der Waals surface area (Å²) >= 11 is 0. The number of alkyl halides is 3. The number of nitrogens with one attached hydrogen (secondary N) is 2. The number of benzene rings is 1. The molecule has 1 aromatic rings. The van der Waals surface area contributed by atoms with Gasteiger partial charge in [0.2, 0.25) is 0 Å². The van der Waals surface area contributed by atoms with Crippen molar-refractivity contribution >= 4 is 17.8 Å². The number of rotatable bonds is 3. The molecule has 9 heteroatoms. The van der Waals surface area contributed by atoms with Crippen molar-refractivity contribution in [2.75, 3.05) is 0 Å². The van der Waals surface area contributed by atoms with Crippen LogP contribution in [0.1, 0.15) is 42.5 Å². The number of halogens is 3. The van der Waals surface area contributed by atoms with Crippen LogP contribution in [0.15, 0.2) is 30.3 Å². The summed E-state index contributed by atoms with van der Waals surface area (Å²) in [6.07, 6.45) is -1.89. The lowest BCUT2D eigenvalue weighted by molar-refractivity contribution is -0.200. The quantitative estimate of drug-likeness (QED) is 0.804. The van der Waals surface area contributed by atoms with Crippen molar-refractivity contribution in [3.8, 4) is 0 Å². The summed E-state index contributed by atoms with van der Waals surface area (Å²) in [4.78, 5) is 37.7. The van der Waals surface area contributed by atoms with Crippen LogP contribution < -0.4 is 10.6 Å². The fourth-order valence-corrected chi connectivity index (χ4v) is 3.40. The molecule has 4 amide bonds. The van der Waals surface area contributed by atoms with Crippen molar-refractivity contribution < 1.29 is 27.6 Å². The Morgan fingerprint density at radius 2 is 1.73 bits per heavy atom. The molecule has 6 nitrogen and oxygen atoms in total. The molecular weight excluding hydrogens is 351 g/mol. The Morgan fingerprint density at radius 3 is 2.31 bits per heavy atom. The molecule has 0 radical (unpaired) electrons. The molecule has 1 atom stereocenters. The first-order valence-corrected chi connectivity index (χ1v) is 8.36. The van der Waals surface area contributed by atoms with Crippen LogP contribution in [0.4, 0.5) is 18.0 Å². The molecule has 0 bridgehead atoms. The highest BCUT2D eigenvalue weighted by Crippen LogP contribution is 2.36. The van der Waals surface area contributed by atoms with Gasteiger partial charge in [-0.25, -0.2) is 4.79 Å². The summed E-state index contributed by atoms with van der Waals surface area (Å²) in [5.41, 5.74) is -3.50. The molecule has 1 aliphatic carbocycles. The SMILES string of the molecule is O=C(N[C@]1(C(F)(F)F)NC(=O)N(C2CCCCC2)C1=O)c1ccccc1. The highest BCUT2D eigenvalue weighted by molar-refractivity contribution is 6.10. The number of amides is 4. The van der Waals surface area contributed by atoms with Crippen molar-refractivity contribution in [3.05, 3.63) is 35.9 Å². The lowest BCUT2D eigenvalue weighted by Gasteiger charge is -2.32. The van der Waals surface area contributed by atoms with Gasteiger partial charge in [0.25, 0.3) is 17.5 Å². The monoisotopic (exact) mass is 369 g/mol. The van der Waals surface area contributed by atoms with E-state index in [0.29, 0.717) is 17.7 Å². The fraction of sp³-hybridized carbons (Fsp3) is 0.471. The average Bonchev–Trinajstić information content (AvgIpc) is 2.87. The van der Waals surface area contributed by atoms with E-state index in [4.69, 9.17) is 0 Å². The molecule has 2 aliphatic rings. The molecule has 26 heavy (non-hydrogen) atoms. The number of carbonyl (C=O) groups excluding carboxylic acids is 3. The van der Waals surface area contributed by atoms with E-state index in [0.717, 1.165) is 19.3 Å². The van der Waals surface area contributed by atoms with Crippen LogP contribution in [-0.4, -0.2) is 40.6 Å². The largest absolute Gasteiger partial charge is 0.440 e. The normalized spacial score (nSPS) is 24.5. The van der Waals surface area contributed by atoms with Gasteiger partial charge in [-0.15, -0.1) is 0 Å². The van der Waals surface area contributed by atoms with E-state index < -0.39 is 35.7 Å². The van der Waals surface area contributed by atoms with Crippen molar-refractivity contribution in [2.24, 2.45) is 0 Å². The molecular formula is C17H18F3N3O3. The van der Waals surface area contributed by atoms with Gasteiger partial charge < -0.3 is 5.32 Å². The second-order valence-electron chi connectivity index (χ2n) is 6.47. The van der Waals surface area contributed by atoms with E-state index in [1.165, 1.54) is 24.3 Å². The number of hydrogen-bond donors (Lipinski definition) is 2.